The molecule has 1 fully saturated rings. The van der Waals surface area contributed by atoms with Gasteiger partial charge in [0.25, 0.3) is 0 Å². The zero-order chi connectivity index (χ0) is 22.2. The second-order valence-corrected chi connectivity index (χ2v) is 9.82. The average Bonchev–Trinajstić information content (AvgIpc) is 3.28. The van der Waals surface area contributed by atoms with Crippen molar-refractivity contribution in [3.63, 3.8) is 0 Å². The van der Waals surface area contributed by atoms with Gasteiger partial charge in [0.2, 0.25) is 11.8 Å². The summed E-state index contributed by atoms with van der Waals surface area (Å²) in [6, 6.07) is 15.2. The average molecular weight is 461 g/mol. The highest BCUT2D eigenvalue weighted by molar-refractivity contribution is 7.55. The molecular weight excluding hydrogens is 439 g/mol. The van der Waals surface area contributed by atoms with Gasteiger partial charge in [0.1, 0.15) is 0 Å². The van der Waals surface area contributed by atoms with Crippen LogP contribution in [0.1, 0.15) is 19.4 Å². The first kappa shape index (κ1) is 21.9. The van der Waals surface area contributed by atoms with Gasteiger partial charge < -0.3 is 9.05 Å². The Balaban J connectivity index is 1.89. The molecule has 0 radical (unpaired) electrons. The number of carbonyl (C=O) groups is 2. The monoisotopic (exact) mass is 460 g/mol. The van der Waals surface area contributed by atoms with Gasteiger partial charge in [-0.25, -0.2) is 4.90 Å². The minimum atomic E-state index is -4.00. The number of imide groups is 1. The van der Waals surface area contributed by atoms with Crippen molar-refractivity contribution in [1.82, 2.24) is 0 Å². The van der Waals surface area contributed by atoms with Gasteiger partial charge in [-0.2, -0.15) is 0 Å². The maximum Gasteiger partial charge on any atom is 0.363 e. The van der Waals surface area contributed by atoms with E-state index < -0.39 is 36.5 Å². The summed E-state index contributed by atoms with van der Waals surface area (Å²) in [7, 11) is -4.00. The van der Waals surface area contributed by atoms with E-state index in [1.54, 1.807) is 68.4 Å². The summed E-state index contributed by atoms with van der Waals surface area (Å²) in [5.41, 5.74) is 0.898. The van der Waals surface area contributed by atoms with Crippen LogP contribution in [0, 0.1) is 11.8 Å². The molecule has 2 aromatic rings. The molecule has 2 aromatic carbocycles. The molecule has 9 heteroatoms. The molecule has 4 rings (SSSR count). The smallest absolute Gasteiger partial charge is 0.307 e. The highest BCUT2D eigenvalue weighted by Gasteiger charge is 2.69. The predicted molar refractivity (Wildman–Crippen MR) is 118 cm³/mol. The summed E-state index contributed by atoms with van der Waals surface area (Å²) in [5, 5.41) is -1.17. The van der Waals surface area contributed by atoms with E-state index in [1.165, 1.54) is 6.21 Å². The summed E-state index contributed by atoms with van der Waals surface area (Å²) >= 11 is 5.96. The molecule has 0 aromatic heterocycles. The van der Waals surface area contributed by atoms with Gasteiger partial charge in [0.15, 0.2) is 5.28 Å². The number of amides is 2. The fraction of sp³-hybridized carbons (Fsp3) is 0.318. The molecule has 0 unspecified atom stereocenters. The quantitative estimate of drug-likeness (QED) is 0.443. The molecular formula is C22H22ClN2O5P. The molecule has 0 saturated carbocycles. The highest BCUT2D eigenvalue weighted by Crippen LogP contribution is 2.72. The topological polar surface area (TPSA) is 85.3 Å². The first-order valence-electron chi connectivity index (χ1n) is 10.0. The van der Waals surface area contributed by atoms with Gasteiger partial charge in [-0.15, -0.1) is 0 Å². The van der Waals surface area contributed by atoms with Crippen LogP contribution in [-0.4, -0.2) is 31.2 Å². The number of carbonyl (C=O) groups excluding carboxylic acids is 2. The van der Waals surface area contributed by atoms with Crippen molar-refractivity contribution in [2.45, 2.75) is 19.1 Å². The maximum absolute atomic E-state index is 14.2. The van der Waals surface area contributed by atoms with Crippen molar-refractivity contribution in [2.75, 3.05) is 18.1 Å². The van der Waals surface area contributed by atoms with E-state index >= 15 is 0 Å². The van der Waals surface area contributed by atoms with Crippen molar-refractivity contribution < 1.29 is 23.2 Å². The number of fused-ring (bicyclic) bond motifs is 1. The fourth-order valence-electron chi connectivity index (χ4n) is 4.29. The van der Waals surface area contributed by atoms with Crippen molar-refractivity contribution in [1.29, 1.82) is 0 Å². The largest absolute Gasteiger partial charge is 0.363 e. The Kier molecular flexibility index (Phi) is 5.88. The molecule has 3 atom stereocenters. The standard InChI is InChI=1S/C22H22ClN2O5P/c1-3-29-31(28,30-4-2)22(15-8-6-5-7-9-15)19-18(14-24-22)20(26)25(21(19)27)17-12-10-16(23)11-13-17/h5-14,18-19H,3-4H2,1-2H3/t18-,19+,22+/m1/s1. The van der Waals surface area contributed by atoms with Crippen molar-refractivity contribution >= 4 is 42.9 Å². The minimum absolute atomic E-state index is 0.0990. The van der Waals surface area contributed by atoms with E-state index in [9.17, 15) is 14.2 Å². The molecule has 1 saturated heterocycles. The summed E-state index contributed by atoms with van der Waals surface area (Å²) in [4.78, 5) is 32.6. The van der Waals surface area contributed by atoms with Crippen LogP contribution in [-0.2, 0) is 28.5 Å². The van der Waals surface area contributed by atoms with Crippen LogP contribution in [0.2, 0.25) is 5.02 Å². The van der Waals surface area contributed by atoms with E-state index in [0.717, 1.165) is 4.90 Å². The molecule has 0 bridgehead atoms. The van der Waals surface area contributed by atoms with Crippen LogP contribution >= 0.6 is 19.2 Å². The molecule has 31 heavy (non-hydrogen) atoms. The van der Waals surface area contributed by atoms with Crippen molar-refractivity contribution in [2.24, 2.45) is 16.8 Å². The van der Waals surface area contributed by atoms with E-state index in [1.807, 2.05) is 0 Å². The third-order valence-electron chi connectivity index (χ3n) is 5.52. The van der Waals surface area contributed by atoms with Gasteiger partial charge in [-0.05, 0) is 43.7 Å². The van der Waals surface area contributed by atoms with E-state index in [4.69, 9.17) is 20.6 Å². The van der Waals surface area contributed by atoms with Crippen LogP contribution in [0.25, 0.3) is 0 Å². The zero-order valence-corrected chi connectivity index (χ0v) is 18.8. The van der Waals surface area contributed by atoms with Gasteiger partial charge in [-0.1, -0.05) is 41.9 Å². The second kappa shape index (κ2) is 8.32. The van der Waals surface area contributed by atoms with Gasteiger partial charge in [-0.3, -0.25) is 19.1 Å². The Bertz CT molecular complexity index is 1070. The van der Waals surface area contributed by atoms with Crippen LogP contribution < -0.4 is 4.90 Å². The fourth-order valence-corrected chi connectivity index (χ4v) is 6.85. The Morgan fingerprint density at radius 2 is 1.61 bits per heavy atom. The lowest BCUT2D eigenvalue weighted by molar-refractivity contribution is -0.123. The second-order valence-electron chi connectivity index (χ2n) is 7.20. The number of anilines is 1. The molecule has 2 aliphatic heterocycles. The molecule has 0 N–H and O–H groups in total. The normalized spacial score (nSPS) is 25.3. The molecule has 0 aliphatic carbocycles. The lowest BCUT2D eigenvalue weighted by Gasteiger charge is -2.37. The van der Waals surface area contributed by atoms with E-state index in [-0.39, 0.29) is 13.2 Å². The van der Waals surface area contributed by atoms with Crippen LogP contribution in [0.4, 0.5) is 5.69 Å². The van der Waals surface area contributed by atoms with Crippen LogP contribution in [0.15, 0.2) is 59.6 Å². The molecule has 0 spiro atoms. The molecule has 2 amide bonds. The van der Waals surface area contributed by atoms with Crippen LogP contribution in [0.3, 0.4) is 0 Å². The van der Waals surface area contributed by atoms with Crippen molar-refractivity contribution in [3.8, 4) is 0 Å². The SMILES string of the molecule is CCOP(=O)(OCC)[C@]1(c2ccccc2)N=C[C@H]2C(=O)N(c3ccc(Cl)cc3)C(=O)[C@H]21. The Hall–Kier alpha value is -2.31. The first-order valence-corrected chi connectivity index (χ1v) is 11.9. The number of benzene rings is 2. The Morgan fingerprint density at radius 1 is 1.00 bits per heavy atom. The summed E-state index contributed by atoms with van der Waals surface area (Å²) in [6.07, 6.45) is 1.42. The highest BCUT2D eigenvalue weighted by atomic mass is 35.5. The number of halogens is 1. The van der Waals surface area contributed by atoms with Gasteiger partial charge >= 0.3 is 7.60 Å². The van der Waals surface area contributed by atoms with E-state index in [2.05, 4.69) is 4.99 Å². The summed E-state index contributed by atoms with van der Waals surface area (Å²) < 4.78 is 25.5. The maximum atomic E-state index is 14.2. The van der Waals surface area contributed by atoms with Crippen molar-refractivity contribution in [3.05, 3.63) is 65.2 Å². The lowest BCUT2D eigenvalue weighted by Crippen LogP contribution is -2.40. The summed E-state index contributed by atoms with van der Waals surface area (Å²) in [6.45, 7) is 3.59. The molecule has 162 valence electrons. The van der Waals surface area contributed by atoms with Crippen LogP contribution in [0.5, 0.6) is 0 Å². The number of hydrogen-bond donors (Lipinski definition) is 0. The third-order valence-corrected chi connectivity index (χ3v) is 8.45. The number of nitrogens with zero attached hydrogens (tertiary/aromatic N) is 2. The summed E-state index contributed by atoms with van der Waals surface area (Å²) in [5.74, 6) is -2.86. The Labute approximate surface area is 185 Å². The predicted octanol–water partition coefficient (Wildman–Crippen LogP) is 4.65. The third kappa shape index (κ3) is 3.28. The number of hydrogen-bond acceptors (Lipinski definition) is 6. The lowest BCUT2D eigenvalue weighted by atomic mass is 9.87. The van der Waals surface area contributed by atoms with Gasteiger partial charge in [0.05, 0.1) is 30.7 Å². The molecule has 7 nitrogen and oxygen atoms in total. The van der Waals surface area contributed by atoms with E-state index in [0.29, 0.717) is 16.3 Å². The minimum Gasteiger partial charge on any atom is -0.307 e. The van der Waals surface area contributed by atoms with Gasteiger partial charge in [0, 0.05) is 11.2 Å². The Morgan fingerprint density at radius 3 is 2.19 bits per heavy atom. The number of rotatable bonds is 7. The zero-order valence-electron chi connectivity index (χ0n) is 17.1. The number of aliphatic imine (C=N–C) groups is 1. The molecule has 2 aliphatic rings. The molecule has 2 heterocycles. The first-order chi connectivity index (χ1) is 14.9.